The molecule has 0 aliphatic heterocycles. The van der Waals surface area contributed by atoms with E-state index in [2.05, 4.69) is 84.2 Å². The summed E-state index contributed by atoms with van der Waals surface area (Å²) in [5.41, 5.74) is 0.898. The summed E-state index contributed by atoms with van der Waals surface area (Å²) >= 11 is 1.67. The van der Waals surface area contributed by atoms with E-state index in [1.54, 1.807) is 11.3 Å². The third-order valence-corrected chi connectivity index (χ3v) is 10.8. The summed E-state index contributed by atoms with van der Waals surface area (Å²) in [7, 11) is 0. The fourth-order valence-electron chi connectivity index (χ4n) is 4.36. The molecule has 0 N–H and O–H groups in total. The van der Waals surface area contributed by atoms with Crippen LogP contribution in [0.5, 0.6) is 0 Å². The molecule has 1 aromatic heterocycles. The van der Waals surface area contributed by atoms with Crippen LogP contribution in [-0.2, 0) is 11.3 Å². The van der Waals surface area contributed by atoms with Crippen molar-refractivity contribution in [3.05, 3.63) is 144 Å². The van der Waals surface area contributed by atoms with Gasteiger partial charge >= 0.3 is 0 Å². The maximum absolute atomic E-state index is 14.3. The first-order chi connectivity index (χ1) is 17.3. The van der Waals surface area contributed by atoms with E-state index in [0.717, 1.165) is 26.5 Å². The molecule has 0 saturated carbocycles. The molecule has 2 nitrogen and oxygen atoms in total. The molecular weight excluding hydrogens is 465 g/mol. The van der Waals surface area contributed by atoms with Gasteiger partial charge in [0.2, 0.25) is 0 Å². The van der Waals surface area contributed by atoms with Crippen LogP contribution >= 0.6 is 18.2 Å². The number of benzene rings is 4. The summed E-state index contributed by atoms with van der Waals surface area (Å²) in [6.45, 7) is -1.85. The molecule has 0 bridgehead atoms. The highest BCUT2D eigenvalue weighted by Gasteiger charge is 2.28. The first-order valence-corrected chi connectivity index (χ1v) is 14.3. The Hall–Kier alpha value is -3.65. The van der Waals surface area contributed by atoms with Crippen molar-refractivity contribution < 1.29 is 4.79 Å². The summed E-state index contributed by atoms with van der Waals surface area (Å²) in [5.74, 6) is 2.02. The van der Waals surface area contributed by atoms with Crippen molar-refractivity contribution >= 4 is 51.5 Å². The molecule has 1 amide bonds. The average Bonchev–Trinajstić information content (AvgIpc) is 3.46. The Kier molecular flexibility index (Phi) is 7.09. The van der Waals surface area contributed by atoms with Crippen molar-refractivity contribution in [1.82, 2.24) is 0 Å². The Morgan fingerprint density at radius 2 is 1.09 bits per heavy atom. The van der Waals surface area contributed by atoms with E-state index in [-0.39, 0.29) is 5.91 Å². The topological polar surface area (TPSA) is 20.3 Å². The zero-order chi connectivity index (χ0) is 23.9. The molecule has 35 heavy (non-hydrogen) atoms. The van der Waals surface area contributed by atoms with Crippen LogP contribution < -0.4 is 20.8 Å². The van der Waals surface area contributed by atoms with Crippen LogP contribution in [0.2, 0.25) is 0 Å². The van der Waals surface area contributed by atoms with Crippen LogP contribution in [0.3, 0.4) is 0 Å². The van der Waals surface area contributed by atoms with E-state index in [4.69, 9.17) is 0 Å². The number of nitrogens with zero attached hydrogens (tertiary/aromatic N) is 1. The van der Waals surface area contributed by atoms with Gasteiger partial charge in [-0.25, -0.2) is 0 Å². The van der Waals surface area contributed by atoms with E-state index < -0.39 is 6.89 Å². The van der Waals surface area contributed by atoms with Crippen molar-refractivity contribution in [2.75, 3.05) is 4.90 Å². The van der Waals surface area contributed by atoms with Gasteiger partial charge in [0.1, 0.15) is 0 Å². The van der Waals surface area contributed by atoms with E-state index in [1.807, 2.05) is 65.3 Å². The van der Waals surface area contributed by atoms with E-state index in [0.29, 0.717) is 6.54 Å². The Morgan fingerprint density at radius 1 is 0.629 bits per heavy atom. The van der Waals surface area contributed by atoms with Gasteiger partial charge < -0.3 is 4.90 Å². The van der Waals surface area contributed by atoms with Gasteiger partial charge in [-0.1, -0.05) is 115 Å². The standard InChI is InChI=1S/C31H26NOPS/c33-31(32(24-30-22-13-23-35-30)26-14-5-1-6-15-26)25-34(27-16-7-2-8-17-27,28-18-9-3-10-19-28)29-20-11-4-12-21-29/h1-23,25H,24H2. The highest BCUT2D eigenvalue weighted by molar-refractivity contribution is 7.95. The molecule has 5 aromatic rings. The van der Waals surface area contributed by atoms with Gasteiger partial charge in [0.25, 0.3) is 5.91 Å². The van der Waals surface area contributed by atoms with E-state index >= 15 is 0 Å². The monoisotopic (exact) mass is 491 g/mol. The minimum Gasteiger partial charge on any atom is -0.304 e. The van der Waals surface area contributed by atoms with Crippen LogP contribution in [0, 0.1) is 0 Å². The normalized spacial score (nSPS) is 11.1. The highest BCUT2D eigenvalue weighted by Crippen LogP contribution is 2.43. The maximum Gasteiger partial charge on any atom is 0.252 e. The summed E-state index contributed by atoms with van der Waals surface area (Å²) in [4.78, 5) is 17.4. The quantitative estimate of drug-likeness (QED) is 0.253. The minimum absolute atomic E-state index is 0.00879. The van der Waals surface area contributed by atoms with Crippen LogP contribution in [0.25, 0.3) is 0 Å². The zero-order valence-electron chi connectivity index (χ0n) is 19.3. The second-order valence-corrected chi connectivity index (χ2v) is 12.5. The average molecular weight is 492 g/mol. The number of carbonyl (C=O) groups excluding carboxylic acids is 1. The second-order valence-electron chi connectivity index (χ2n) is 8.20. The highest BCUT2D eigenvalue weighted by atomic mass is 32.1. The third-order valence-electron chi connectivity index (χ3n) is 6.02. The minimum atomic E-state index is -2.39. The molecule has 5 rings (SSSR count). The van der Waals surface area contributed by atoms with Gasteiger partial charge in [-0.05, 0) is 46.4 Å². The van der Waals surface area contributed by atoms with E-state index in [9.17, 15) is 4.79 Å². The largest absolute Gasteiger partial charge is 0.304 e. The number of hydrogen-bond donors (Lipinski definition) is 0. The van der Waals surface area contributed by atoms with Gasteiger partial charge in [-0.2, -0.15) is 0 Å². The van der Waals surface area contributed by atoms with Gasteiger partial charge in [-0.3, -0.25) is 4.79 Å². The lowest BCUT2D eigenvalue weighted by Gasteiger charge is -2.30. The number of anilines is 1. The number of amides is 1. The molecule has 0 fully saturated rings. The Labute approximate surface area is 211 Å². The lowest BCUT2D eigenvalue weighted by atomic mass is 10.2. The zero-order valence-corrected chi connectivity index (χ0v) is 21.0. The third kappa shape index (κ3) is 4.93. The number of thiophene rings is 1. The predicted molar refractivity (Wildman–Crippen MR) is 153 cm³/mol. The molecular formula is C31H26NOPS. The molecule has 0 aliphatic carbocycles. The molecule has 4 aromatic carbocycles. The summed E-state index contributed by atoms with van der Waals surface area (Å²) in [6.07, 6.45) is 0. The van der Waals surface area contributed by atoms with Crippen molar-refractivity contribution in [3.8, 4) is 0 Å². The number of rotatable bonds is 7. The molecule has 0 spiro atoms. The number of carbonyl (C=O) groups is 1. The van der Waals surface area contributed by atoms with Crippen molar-refractivity contribution in [3.63, 3.8) is 0 Å². The van der Waals surface area contributed by atoms with Crippen LogP contribution in [0.1, 0.15) is 4.88 Å². The molecule has 0 saturated heterocycles. The van der Waals surface area contributed by atoms with Crippen LogP contribution in [0.4, 0.5) is 5.69 Å². The Bertz CT molecular complexity index is 1310. The van der Waals surface area contributed by atoms with Gasteiger partial charge in [0.15, 0.2) is 0 Å². The number of hydrogen-bond acceptors (Lipinski definition) is 2. The second kappa shape index (κ2) is 10.7. The van der Waals surface area contributed by atoms with Gasteiger partial charge in [-0.15, -0.1) is 11.3 Å². The molecule has 172 valence electrons. The van der Waals surface area contributed by atoms with Crippen LogP contribution in [-0.4, -0.2) is 11.7 Å². The SMILES string of the molecule is O=C(C=P(c1ccccc1)(c1ccccc1)c1ccccc1)N(Cc1cccs1)c1ccccc1. The van der Waals surface area contributed by atoms with E-state index in [1.165, 1.54) is 0 Å². The molecule has 0 aliphatic rings. The van der Waals surface area contributed by atoms with Crippen molar-refractivity contribution in [2.24, 2.45) is 0 Å². The molecule has 4 heteroatoms. The molecule has 0 unspecified atom stereocenters. The summed E-state index contributed by atoms with van der Waals surface area (Å²) in [6, 6.07) is 45.5. The lowest BCUT2D eigenvalue weighted by Crippen LogP contribution is -2.35. The fraction of sp³-hybridized carbons (Fsp3) is 0.0323. The predicted octanol–water partition coefficient (Wildman–Crippen LogP) is 6.08. The maximum atomic E-state index is 14.3. The first-order valence-electron chi connectivity index (χ1n) is 11.6. The fourth-order valence-corrected chi connectivity index (χ4v) is 8.79. The lowest BCUT2D eigenvalue weighted by molar-refractivity contribution is -0.112. The molecule has 0 radical (unpaired) electrons. The van der Waals surface area contributed by atoms with Crippen LogP contribution in [0.15, 0.2) is 139 Å². The Morgan fingerprint density at radius 3 is 1.51 bits per heavy atom. The van der Waals surface area contributed by atoms with Crippen molar-refractivity contribution in [2.45, 2.75) is 6.54 Å². The number of para-hydroxylation sites is 1. The van der Waals surface area contributed by atoms with Gasteiger partial charge in [0, 0.05) is 16.4 Å². The smallest absolute Gasteiger partial charge is 0.252 e. The van der Waals surface area contributed by atoms with Crippen molar-refractivity contribution in [1.29, 1.82) is 0 Å². The summed E-state index contributed by atoms with van der Waals surface area (Å²) in [5, 5.41) is 5.54. The Balaban J connectivity index is 1.76. The summed E-state index contributed by atoms with van der Waals surface area (Å²) < 4.78 is 0. The first kappa shape index (κ1) is 23.1. The molecule has 1 heterocycles. The van der Waals surface area contributed by atoms with Gasteiger partial charge in [0.05, 0.1) is 6.54 Å². The molecule has 0 atom stereocenters.